The lowest BCUT2D eigenvalue weighted by molar-refractivity contribution is -0.135. The first-order valence-corrected chi connectivity index (χ1v) is 20.0. The molecule has 56 heavy (non-hydrogen) atoms. The van der Waals surface area contributed by atoms with Crippen molar-refractivity contribution >= 4 is 36.2 Å². The molecule has 1 spiro atoms. The van der Waals surface area contributed by atoms with Gasteiger partial charge in [0.1, 0.15) is 29.4 Å². The molecule has 16 heteroatoms. The van der Waals surface area contributed by atoms with E-state index in [4.69, 9.17) is 28.1 Å². The highest BCUT2D eigenvalue weighted by atomic mass is 31.2. The number of H-pyrrole nitrogens is 1. The van der Waals surface area contributed by atoms with Crippen molar-refractivity contribution in [3.05, 3.63) is 95.3 Å². The number of amides is 2. The first-order valence-electron chi connectivity index (χ1n) is 18.4. The molecule has 0 aliphatic carbocycles. The number of para-hydroxylation sites is 1. The van der Waals surface area contributed by atoms with Crippen LogP contribution in [-0.4, -0.2) is 54.9 Å². The number of nitrogens with one attached hydrogen (secondary N) is 4. The van der Waals surface area contributed by atoms with Crippen LogP contribution >= 0.6 is 7.82 Å². The zero-order valence-corrected chi connectivity index (χ0v) is 31.5. The summed E-state index contributed by atoms with van der Waals surface area (Å²) in [4.78, 5) is 60.4. The summed E-state index contributed by atoms with van der Waals surface area (Å²) in [6.07, 6.45) is 1.38. The normalized spacial score (nSPS) is 22.1. The maximum atomic E-state index is 14.3. The number of anilines is 1. The minimum absolute atomic E-state index is 0.0259. The van der Waals surface area contributed by atoms with Gasteiger partial charge < -0.3 is 44.3 Å². The highest BCUT2D eigenvalue weighted by Crippen LogP contribution is 2.61. The van der Waals surface area contributed by atoms with Crippen molar-refractivity contribution in [2.75, 3.05) is 5.32 Å². The molecular formula is C40H37N6O9P. The number of ether oxygens (including phenoxy) is 1. The fourth-order valence-corrected chi connectivity index (χ4v) is 9.37. The van der Waals surface area contributed by atoms with Gasteiger partial charge in [0, 0.05) is 51.5 Å². The van der Waals surface area contributed by atoms with Gasteiger partial charge in [-0.1, -0.05) is 70.2 Å². The van der Waals surface area contributed by atoms with Crippen LogP contribution in [0.15, 0.2) is 75.8 Å². The number of rotatable bonds is 6. The van der Waals surface area contributed by atoms with Gasteiger partial charge in [-0.3, -0.25) is 14.1 Å². The molecule has 10 rings (SSSR count). The standard InChI is InChI=1S/C40H37N6O9P/c1-17(2)30-38-45-32-34(54-38)40-23-9-5-8-21(20-7-6-10-25-29(20)22(15-41-25)28-16-42-37(32)52-28)31(23)46-39(40)53-27-12-11-19(13-24(27)40)14-26(35(47)44-30)43-36(48)33(18(3)4)55-56(49,50)51/h5-13,15-18,26,30,33,39,41,46H,14H2,1-4H3,(H,43,48)(H,44,47)(H2,49,50,51)/t26-,30-,33-,39?,40-/m0/s1. The molecule has 4 aliphatic rings. The molecule has 5 atom stereocenters. The second kappa shape index (κ2) is 12.1. The van der Waals surface area contributed by atoms with Gasteiger partial charge in [0.25, 0.3) is 5.91 Å². The summed E-state index contributed by atoms with van der Waals surface area (Å²) < 4.78 is 37.1. The molecule has 0 saturated carbocycles. The Kier molecular flexibility index (Phi) is 7.53. The predicted octanol–water partition coefficient (Wildman–Crippen LogP) is 5.92. The summed E-state index contributed by atoms with van der Waals surface area (Å²) >= 11 is 0. The smallest absolute Gasteiger partial charge is 0.469 e. The van der Waals surface area contributed by atoms with Crippen molar-refractivity contribution in [1.29, 1.82) is 0 Å². The summed E-state index contributed by atoms with van der Waals surface area (Å²) in [7, 11) is -5.05. The van der Waals surface area contributed by atoms with Crippen LogP contribution in [-0.2, 0) is 30.5 Å². The van der Waals surface area contributed by atoms with Crippen LogP contribution in [0.3, 0.4) is 0 Å². The van der Waals surface area contributed by atoms with Crippen LogP contribution < -0.4 is 20.7 Å². The second-order valence-corrected chi connectivity index (χ2v) is 16.6. The molecule has 10 bridgehead atoms. The minimum atomic E-state index is -5.05. The van der Waals surface area contributed by atoms with Gasteiger partial charge in [-0.05, 0) is 35.1 Å². The number of aromatic amines is 1. The quantitative estimate of drug-likeness (QED) is 0.109. The lowest BCUT2D eigenvalue weighted by Gasteiger charge is -2.29. The molecule has 3 aromatic carbocycles. The molecular weight excluding hydrogens is 739 g/mol. The minimum Gasteiger partial charge on any atom is -0.469 e. The Morgan fingerprint density at radius 1 is 1.02 bits per heavy atom. The number of benzene rings is 3. The number of hydrogen-bond donors (Lipinski definition) is 6. The van der Waals surface area contributed by atoms with Crippen molar-refractivity contribution in [3.63, 3.8) is 0 Å². The third kappa shape index (κ3) is 5.04. The maximum absolute atomic E-state index is 14.3. The molecule has 15 nitrogen and oxygen atoms in total. The van der Waals surface area contributed by atoms with Gasteiger partial charge >= 0.3 is 7.82 Å². The van der Waals surface area contributed by atoms with Crippen LogP contribution in [0, 0.1) is 11.8 Å². The predicted molar refractivity (Wildman–Crippen MR) is 202 cm³/mol. The van der Waals surface area contributed by atoms with Gasteiger partial charge in [0.05, 0.1) is 6.20 Å². The van der Waals surface area contributed by atoms with E-state index in [-0.39, 0.29) is 24.1 Å². The van der Waals surface area contributed by atoms with E-state index in [1.807, 2.05) is 56.4 Å². The number of fused-ring (bicyclic) bond motifs is 7. The average molecular weight is 777 g/mol. The Labute approximate surface area is 319 Å². The highest BCUT2D eigenvalue weighted by Gasteiger charge is 2.61. The number of aromatic nitrogens is 3. The van der Waals surface area contributed by atoms with Gasteiger partial charge in [-0.25, -0.2) is 14.5 Å². The summed E-state index contributed by atoms with van der Waals surface area (Å²) in [6, 6.07) is 15.9. The summed E-state index contributed by atoms with van der Waals surface area (Å²) in [5, 5.41) is 10.5. The first-order chi connectivity index (χ1) is 26.8. The molecule has 0 fully saturated rings. The van der Waals surface area contributed by atoms with E-state index in [1.165, 1.54) is 0 Å². The molecule has 6 N–H and O–H groups in total. The monoisotopic (exact) mass is 776 g/mol. The Morgan fingerprint density at radius 3 is 2.61 bits per heavy atom. The van der Waals surface area contributed by atoms with Crippen LogP contribution in [0.25, 0.3) is 44.9 Å². The number of phosphoric ester groups is 1. The zero-order chi connectivity index (χ0) is 38.8. The summed E-state index contributed by atoms with van der Waals surface area (Å²) in [5.41, 5.74) is 6.04. The average Bonchev–Trinajstić information content (AvgIpc) is 3.98. The Hall–Kier alpha value is -5.73. The Balaban J connectivity index is 1.22. The topological polar surface area (TPSA) is 214 Å². The summed E-state index contributed by atoms with van der Waals surface area (Å²) in [5.74, 6) is -0.328. The van der Waals surface area contributed by atoms with Crippen LogP contribution in [0.1, 0.15) is 62.1 Å². The fourth-order valence-electron chi connectivity index (χ4n) is 8.73. The maximum Gasteiger partial charge on any atom is 0.470 e. The number of hydrogen-bond acceptors (Lipinski definition) is 10. The molecule has 7 heterocycles. The van der Waals surface area contributed by atoms with E-state index in [0.29, 0.717) is 28.5 Å². The Bertz CT molecular complexity index is 2670. The lowest BCUT2D eigenvalue weighted by Crippen LogP contribution is -2.53. The van der Waals surface area contributed by atoms with E-state index >= 15 is 0 Å². The van der Waals surface area contributed by atoms with Gasteiger partial charge in [-0.15, -0.1) is 0 Å². The first kappa shape index (κ1) is 34.7. The molecule has 286 valence electrons. The lowest BCUT2D eigenvalue weighted by atomic mass is 9.72. The largest absolute Gasteiger partial charge is 0.470 e. The fraction of sp³-hybridized carbons (Fsp3) is 0.300. The molecule has 6 aromatic rings. The van der Waals surface area contributed by atoms with Crippen molar-refractivity contribution in [2.45, 2.75) is 63.9 Å². The molecule has 4 aliphatic heterocycles. The zero-order valence-electron chi connectivity index (χ0n) is 30.6. The molecule has 0 radical (unpaired) electrons. The molecule has 0 saturated heterocycles. The SMILES string of the molecule is CC(C)[C@H](OP(=O)(O)O)C(=O)N[C@H]1Cc2ccc3c(c2)[C@]24c5cccc(c5NC2O3)-c2cccc3[nH]cc(c23)-c2cnc(o2)-c2nc(oc24)[C@H](C(C)C)NC1=O. The number of phosphoric acid groups is 1. The van der Waals surface area contributed by atoms with E-state index < -0.39 is 55.4 Å². The molecule has 3 aromatic heterocycles. The van der Waals surface area contributed by atoms with Crippen LogP contribution in [0.2, 0.25) is 0 Å². The van der Waals surface area contributed by atoms with Crippen molar-refractivity contribution in [2.24, 2.45) is 11.8 Å². The second-order valence-electron chi connectivity index (χ2n) is 15.5. The third-order valence-electron chi connectivity index (χ3n) is 11.3. The molecule has 2 amide bonds. The van der Waals surface area contributed by atoms with Crippen molar-refractivity contribution in [1.82, 2.24) is 25.6 Å². The van der Waals surface area contributed by atoms with Gasteiger partial charge in [0.2, 0.25) is 17.7 Å². The molecule has 1 unspecified atom stereocenters. The van der Waals surface area contributed by atoms with E-state index in [0.717, 1.165) is 44.4 Å². The number of nitrogens with zero attached hydrogens (tertiary/aromatic N) is 2. The highest BCUT2D eigenvalue weighted by molar-refractivity contribution is 7.46. The summed E-state index contributed by atoms with van der Waals surface area (Å²) in [6.45, 7) is 7.02. The van der Waals surface area contributed by atoms with Gasteiger partial charge in [-0.2, -0.15) is 0 Å². The van der Waals surface area contributed by atoms with E-state index in [1.54, 1.807) is 20.0 Å². The van der Waals surface area contributed by atoms with Crippen molar-refractivity contribution in [3.8, 4) is 39.8 Å². The number of carbonyl (C=O) groups excluding carboxylic acids is 2. The third-order valence-corrected chi connectivity index (χ3v) is 11.8. The van der Waals surface area contributed by atoms with Crippen LogP contribution in [0.4, 0.5) is 5.69 Å². The number of oxazole rings is 2. The van der Waals surface area contributed by atoms with Crippen molar-refractivity contribution < 1.29 is 42.0 Å². The number of carbonyl (C=O) groups is 2. The van der Waals surface area contributed by atoms with Gasteiger partial charge in [0.15, 0.2) is 23.4 Å². The van der Waals surface area contributed by atoms with Crippen LogP contribution in [0.5, 0.6) is 5.75 Å². The van der Waals surface area contributed by atoms with E-state index in [9.17, 15) is 23.9 Å². The Morgan fingerprint density at radius 2 is 1.82 bits per heavy atom. The van der Waals surface area contributed by atoms with E-state index in [2.05, 4.69) is 39.1 Å².